The van der Waals surface area contributed by atoms with Gasteiger partial charge in [-0.1, -0.05) is 84.5 Å². The molecular weight excluding hydrogens is 321 g/mol. The Labute approximate surface area is 151 Å². The van der Waals surface area contributed by atoms with Crippen molar-refractivity contribution in [3.63, 3.8) is 0 Å². The molecule has 0 N–H and O–H groups in total. The largest absolute Gasteiger partial charge is 0.304 e. The first-order chi connectivity index (χ1) is 12.3. The van der Waals surface area contributed by atoms with Gasteiger partial charge in [-0.2, -0.15) is 0 Å². The first-order valence-electron chi connectivity index (χ1n) is 8.05. The third kappa shape index (κ3) is 4.74. The molecule has 2 heteroatoms. The lowest BCUT2D eigenvalue weighted by Gasteiger charge is -2.11. The summed E-state index contributed by atoms with van der Waals surface area (Å²) in [6.45, 7) is 0. The number of para-hydroxylation sites is 1. The van der Waals surface area contributed by atoms with Crippen molar-refractivity contribution in [2.45, 2.75) is 0 Å². The lowest BCUT2D eigenvalue weighted by molar-refractivity contribution is 1.25. The molecule has 3 rings (SSSR count). The van der Waals surface area contributed by atoms with Crippen LogP contribution in [0.3, 0.4) is 0 Å². The number of hydrogen-bond acceptors (Lipinski definition) is 1. The Bertz CT molecular complexity index is 874. The normalized spacial score (nSPS) is 9.52. The molecule has 0 aliphatic heterocycles. The van der Waals surface area contributed by atoms with Gasteiger partial charge in [0.15, 0.2) is 0 Å². The van der Waals surface area contributed by atoms with E-state index in [4.69, 9.17) is 0 Å². The first kappa shape index (κ1) is 16.9. The van der Waals surface area contributed by atoms with Gasteiger partial charge < -0.3 is 4.90 Å². The Morgan fingerprint density at radius 3 is 1.64 bits per heavy atom. The lowest BCUT2D eigenvalue weighted by atomic mass is 10.3. The highest BCUT2D eigenvalue weighted by Crippen LogP contribution is 2.31. The number of benzene rings is 3. The summed E-state index contributed by atoms with van der Waals surface area (Å²) in [6.07, 6.45) is 0. The van der Waals surface area contributed by atoms with E-state index in [1.165, 1.54) is 10.6 Å². The lowest BCUT2D eigenvalue weighted by Crippen LogP contribution is -2.09. The summed E-state index contributed by atoms with van der Waals surface area (Å²) in [5, 5.41) is 2.49. The van der Waals surface area contributed by atoms with Crippen LogP contribution in [0.1, 0.15) is 0 Å². The minimum atomic E-state index is -0.718. The van der Waals surface area contributed by atoms with Gasteiger partial charge in [-0.05, 0) is 28.7 Å². The summed E-state index contributed by atoms with van der Waals surface area (Å²) in [5.74, 6) is 6.04. The van der Waals surface area contributed by atoms with Crippen LogP contribution < -0.4 is 15.5 Å². The molecule has 0 atom stereocenters. The van der Waals surface area contributed by atoms with Crippen molar-refractivity contribution in [2.24, 2.45) is 0 Å². The highest BCUT2D eigenvalue weighted by atomic mass is 31.1. The monoisotopic (exact) mass is 339 g/mol. The highest BCUT2D eigenvalue weighted by Gasteiger charge is 2.09. The molecule has 0 saturated carbocycles. The molecular formula is C23H18NP. The molecule has 0 fully saturated rings. The van der Waals surface area contributed by atoms with Crippen molar-refractivity contribution in [2.75, 3.05) is 11.9 Å². The average molecular weight is 339 g/mol. The van der Waals surface area contributed by atoms with Gasteiger partial charge in [0.05, 0.1) is 0 Å². The predicted octanol–water partition coefficient (Wildman–Crippen LogP) is 4.18. The van der Waals surface area contributed by atoms with Crippen molar-refractivity contribution in [1.82, 2.24) is 0 Å². The Morgan fingerprint density at radius 2 is 1.12 bits per heavy atom. The Balaban J connectivity index is 1.84. The topological polar surface area (TPSA) is 3.24 Å². The van der Waals surface area contributed by atoms with E-state index < -0.39 is 7.92 Å². The SMILES string of the molecule is CN(C#CC#CP(c1ccccc1)c1ccccc1)c1ccccc1. The molecule has 0 amide bonds. The quantitative estimate of drug-likeness (QED) is 0.393. The van der Waals surface area contributed by atoms with Crippen molar-refractivity contribution in [1.29, 1.82) is 0 Å². The molecule has 3 aromatic rings. The van der Waals surface area contributed by atoms with E-state index in [-0.39, 0.29) is 0 Å². The van der Waals surface area contributed by atoms with E-state index in [9.17, 15) is 0 Å². The maximum atomic E-state index is 3.37. The van der Waals surface area contributed by atoms with E-state index in [2.05, 4.69) is 72.1 Å². The molecule has 0 unspecified atom stereocenters. The molecule has 0 aliphatic carbocycles. The molecule has 0 aromatic heterocycles. The number of anilines is 1. The molecule has 0 aliphatic rings. The summed E-state index contributed by atoms with van der Waals surface area (Å²) in [5.41, 5.74) is 4.43. The van der Waals surface area contributed by atoms with Crippen LogP contribution in [0.15, 0.2) is 91.0 Å². The standard InChI is InChI=1S/C23H18NP/c1-24(21-13-5-2-6-14-21)19-11-12-20-25(22-15-7-3-8-16-22)23-17-9-4-10-18-23/h2-10,13-18H,1H3. The van der Waals surface area contributed by atoms with Crippen LogP contribution in [0.25, 0.3) is 0 Å². The number of nitrogens with zero attached hydrogens (tertiary/aromatic N) is 1. The Morgan fingerprint density at radius 1 is 0.640 bits per heavy atom. The van der Waals surface area contributed by atoms with Crippen molar-refractivity contribution >= 4 is 24.2 Å². The zero-order chi connectivity index (χ0) is 17.3. The smallest absolute Gasteiger partial charge is 0.0486 e. The summed E-state index contributed by atoms with van der Waals surface area (Å²) >= 11 is 0. The Hall–Kier alpha value is -2.99. The maximum absolute atomic E-state index is 3.37. The van der Waals surface area contributed by atoms with Crippen molar-refractivity contribution in [3.8, 4) is 23.5 Å². The number of rotatable bonds is 3. The van der Waals surface area contributed by atoms with Gasteiger partial charge in [-0.25, -0.2) is 0 Å². The molecule has 0 spiro atoms. The van der Waals surface area contributed by atoms with E-state index in [1.807, 2.05) is 54.4 Å². The van der Waals surface area contributed by atoms with Gasteiger partial charge in [0.2, 0.25) is 0 Å². The van der Waals surface area contributed by atoms with E-state index >= 15 is 0 Å². The van der Waals surface area contributed by atoms with Crippen LogP contribution in [0.5, 0.6) is 0 Å². The number of hydrogen-bond donors (Lipinski definition) is 0. The minimum absolute atomic E-state index is 0.718. The fraction of sp³-hybridized carbons (Fsp3) is 0.0435. The molecule has 0 radical (unpaired) electrons. The maximum Gasteiger partial charge on any atom is 0.0486 e. The highest BCUT2D eigenvalue weighted by molar-refractivity contribution is 7.77. The minimum Gasteiger partial charge on any atom is -0.304 e. The van der Waals surface area contributed by atoms with Crippen LogP contribution in [0, 0.1) is 23.5 Å². The van der Waals surface area contributed by atoms with Gasteiger partial charge in [0.25, 0.3) is 0 Å². The first-order valence-corrected chi connectivity index (χ1v) is 9.39. The van der Waals surface area contributed by atoms with Gasteiger partial charge in [-0.15, -0.1) is 0 Å². The summed E-state index contributed by atoms with van der Waals surface area (Å²) in [6, 6.07) is 34.0. The van der Waals surface area contributed by atoms with Crippen LogP contribution in [0.4, 0.5) is 5.69 Å². The zero-order valence-electron chi connectivity index (χ0n) is 14.1. The van der Waals surface area contributed by atoms with Crippen LogP contribution in [-0.2, 0) is 0 Å². The molecule has 25 heavy (non-hydrogen) atoms. The molecule has 0 saturated heterocycles. The zero-order valence-corrected chi connectivity index (χ0v) is 14.9. The fourth-order valence-corrected chi connectivity index (χ4v) is 4.01. The van der Waals surface area contributed by atoms with Gasteiger partial charge >= 0.3 is 0 Å². The van der Waals surface area contributed by atoms with E-state index in [0.29, 0.717) is 0 Å². The van der Waals surface area contributed by atoms with E-state index in [0.717, 1.165) is 5.69 Å². The summed E-state index contributed by atoms with van der Waals surface area (Å²) < 4.78 is 0. The molecule has 120 valence electrons. The molecule has 0 heterocycles. The third-order valence-corrected chi connectivity index (χ3v) is 5.59. The molecule has 0 bridgehead atoms. The van der Waals surface area contributed by atoms with Crippen LogP contribution in [0.2, 0.25) is 0 Å². The predicted molar refractivity (Wildman–Crippen MR) is 109 cm³/mol. The second-order valence-electron chi connectivity index (χ2n) is 5.37. The van der Waals surface area contributed by atoms with Gasteiger partial charge in [0, 0.05) is 32.6 Å². The van der Waals surface area contributed by atoms with Gasteiger partial charge in [-0.3, -0.25) is 0 Å². The van der Waals surface area contributed by atoms with Crippen LogP contribution in [-0.4, -0.2) is 7.05 Å². The summed E-state index contributed by atoms with van der Waals surface area (Å²) in [4.78, 5) is 1.89. The van der Waals surface area contributed by atoms with Crippen molar-refractivity contribution < 1.29 is 0 Å². The fourth-order valence-electron chi connectivity index (χ4n) is 2.34. The van der Waals surface area contributed by atoms with Gasteiger partial charge in [0.1, 0.15) is 0 Å². The third-order valence-electron chi connectivity index (χ3n) is 3.63. The molecule has 1 nitrogen and oxygen atoms in total. The Kier molecular flexibility index (Phi) is 5.90. The average Bonchev–Trinajstić information content (AvgIpc) is 2.70. The van der Waals surface area contributed by atoms with E-state index in [1.54, 1.807) is 0 Å². The second kappa shape index (κ2) is 8.75. The van der Waals surface area contributed by atoms with Crippen molar-refractivity contribution in [3.05, 3.63) is 91.0 Å². The van der Waals surface area contributed by atoms with Crippen LogP contribution >= 0.6 is 7.92 Å². The summed E-state index contributed by atoms with van der Waals surface area (Å²) in [7, 11) is 1.23. The second-order valence-corrected chi connectivity index (χ2v) is 7.30. The molecule has 3 aromatic carbocycles.